The zero-order chi connectivity index (χ0) is 9.90. The molecule has 0 saturated heterocycles. The van der Waals surface area contributed by atoms with Crippen LogP contribution in [0, 0.1) is 0 Å². The molecule has 1 aromatic carbocycles. The van der Waals surface area contributed by atoms with Crippen LogP contribution in [0.15, 0.2) is 30.3 Å². The minimum atomic E-state index is -4.51. The molecule has 0 heterocycles. The second kappa shape index (κ2) is 3.68. The molecule has 0 aliphatic heterocycles. The van der Waals surface area contributed by atoms with Crippen molar-refractivity contribution in [1.82, 2.24) is 0 Å². The van der Waals surface area contributed by atoms with Gasteiger partial charge in [-0.15, -0.1) is 13.2 Å². The third-order valence-electron chi connectivity index (χ3n) is 1.36. The molecule has 0 spiro atoms. The third kappa shape index (κ3) is 2.37. The maximum Gasteiger partial charge on any atom is 0.648 e. The van der Waals surface area contributed by atoms with Gasteiger partial charge in [-0.25, -0.2) is 0 Å². The standard InChI is InChI=1S/C8H5F3NS/c9-8(10,11)12(6-13)7-4-2-1-3-5-7/h1-5H/q+1. The first-order chi connectivity index (χ1) is 6.05. The summed E-state index contributed by atoms with van der Waals surface area (Å²) >= 11 is 4.16. The molecule has 0 radical (unpaired) electrons. The third-order valence-corrected chi connectivity index (χ3v) is 1.54. The average molecular weight is 204 g/mol. The van der Waals surface area contributed by atoms with Crippen molar-refractivity contribution in [3.8, 4) is 0 Å². The molecule has 0 fully saturated rings. The van der Waals surface area contributed by atoms with Crippen LogP contribution < -0.4 is 0 Å². The first kappa shape index (κ1) is 9.89. The molecule has 1 nitrogen and oxygen atoms in total. The summed E-state index contributed by atoms with van der Waals surface area (Å²) in [7, 11) is 0. The number of rotatable bonds is 1. The van der Waals surface area contributed by atoms with E-state index < -0.39 is 6.30 Å². The second-order valence-corrected chi connectivity index (χ2v) is 2.41. The number of halogens is 3. The highest BCUT2D eigenvalue weighted by atomic mass is 32.1. The van der Waals surface area contributed by atoms with E-state index in [1.54, 1.807) is 11.2 Å². The van der Waals surface area contributed by atoms with Crippen molar-refractivity contribution in [2.75, 3.05) is 0 Å². The van der Waals surface area contributed by atoms with Gasteiger partial charge in [0.15, 0.2) is 0 Å². The van der Waals surface area contributed by atoms with E-state index in [4.69, 9.17) is 0 Å². The quantitative estimate of drug-likeness (QED) is 0.294. The fourth-order valence-electron chi connectivity index (χ4n) is 0.828. The van der Waals surface area contributed by atoms with Crippen LogP contribution in [0.25, 0.3) is 0 Å². The Bertz CT molecular complexity index is 338. The summed E-state index contributed by atoms with van der Waals surface area (Å²) in [5.74, 6) is 0. The average Bonchev–Trinajstić information content (AvgIpc) is 2.05. The molecule has 1 aromatic rings. The number of nitrogens with zero attached hydrogens (tertiary/aromatic N) is 1. The largest absolute Gasteiger partial charge is 0.648 e. The van der Waals surface area contributed by atoms with Gasteiger partial charge in [0.25, 0.3) is 5.16 Å². The van der Waals surface area contributed by atoms with E-state index in [0.717, 1.165) is 0 Å². The highest BCUT2D eigenvalue weighted by Gasteiger charge is 2.45. The Hall–Kier alpha value is -1.19. The first-order valence-electron chi connectivity index (χ1n) is 3.35. The normalized spacial score (nSPS) is 10.7. The first-order valence-corrected chi connectivity index (χ1v) is 3.76. The van der Waals surface area contributed by atoms with E-state index in [-0.39, 0.29) is 10.3 Å². The van der Waals surface area contributed by atoms with Gasteiger partial charge in [0.1, 0.15) is 0 Å². The van der Waals surface area contributed by atoms with Gasteiger partial charge < -0.3 is 0 Å². The Morgan fingerprint density at radius 1 is 1.15 bits per heavy atom. The summed E-state index contributed by atoms with van der Waals surface area (Å²) in [6, 6.07) is 7.25. The van der Waals surface area contributed by atoms with Gasteiger partial charge in [-0.1, -0.05) is 18.2 Å². The van der Waals surface area contributed by atoms with Crippen LogP contribution in [0.1, 0.15) is 0 Å². The molecular weight excluding hydrogens is 199 g/mol. The van der Waals surface area contributed by atoms with Crippen LogP contribution in [-0.4, -0.2) is 16.0 Å². The maximum absolute atomic E-state index is 12.2. The molecule has 0 aromatic heterocycles. The van der Waals surface area contributed by atoms with E-state index in [9.17, 15) is 13.2 Å². The van der Waals surface area contributed by atoms with Gasteiger partial charge >= 0.3 is 6.30 Å². The van der Waals surface area contributed by atoms with E-state index >= 15 is 0 Å². The molecule has 0 aliphatic carbocycles. The summed E-state index contributed by atoms with van der Waals surface area (Å²) in [5, 5.41) is 1.65. The van der Waals surface area contributed by atoms with E-state index in [2.05, 4.69) is 12.2 Å². The molecule has 0 aliphatic rings. The number of para-hydroxylation sites is 1. The topological polar surface area (TPSA) is 3.01 Å². The van der Waals surface area contributed by atoms with Crippen molar-refractivity contribution >= 4 is 23.1 Å². The monoisotopic (exact) mass is 204 g/mol. The predicted molar refractivity (Wildman–Crippen MR) is 45.0 cm³/mol. The van der Waals surface area contributed by atoms with Crippen LogP contribution in [0.4, 0.5) is 18.9 Å². The van der Waals surface area contributed by atoms with Crippen LogP contribution in [0.2, 0.25) is 0 Å². The number of alkyl halides is 3. The summed E-state index contributed by atoms with van der Waals surface area (Å²) in [6.07, 6.45) is -4.51. The lowest BCUT2D eigenvalue weighted by Crippen LogP contribution is -2.23. The number of thiocarbonyl (C=S) groups is 1. The molecule has 5 heteroatoms. The Morgan fingerprint density at radius 3 is 2.08 bits per heavy atom. The second-order valence-electron chi connectivity index (χ2n) is 2.23. The lowest BCUT2D eigenvalue weighted by Gasteiger charge is -1.99. The zero-order valence-electron chi connectivity index (χ0n) is 6.38. The summed E-state index contributed by atoms with van der Waals surface area (Å²) < 4.78 is 36.6. The van der Waals surface area contributed by atoms with Crippen LogP contribution in [0.5, 0.6) is 0 Å². The van der Waals surface area contributed by atoms with Crippen molar-refractivity contribution in [3.63, 3.8) is 0 Å². The van der Waals surface area contributed by atoms with Crippen molar-refractivity contribution in [2.45, 2.75) is 6.30 Å². The van der Waals surface area contributed by atoms with Crippen LogP contribution in [-0.2, 0) is 0 Å². The predicted octanol–water partition coefficient (Wildman–Crippen LogP) is 2.95. The lowest BCUT2D eigenvalue weighted by molar-refractivity contribution is -0.651. The SMILES string of the molecule is FC(F)(F)[N+](=C=S)c1ccccc1. The van der Waals surface area contributed by atoms with Crippen molar-refractivity contribution in [2.24, 2.45) is 0 Å². The van der Waals surface area contributed by atoms with E-state index in [0.29, 0.717) is 0 Å². The van der Waals surface area contributed by atoms with Crippen molar-refractivity contribution in [1.29, 1.82) is 0 Å². The Kier molecular flexibility index (Phi) is 2.80. The van der Waals surface area contributed by atoms with E-state index in [1.165, 1.54) is 24.3 Å². The molecule has 1 rings (SSSR count). The highest BCUT2D eigenvalue weighted by Crippen LogP contribution is 2.24. The summed E-state index contributed by atoms with van der Waals surface area (Å²) in [5.41, 5.74) is -0.0370. The Labute approximate surface area is 78.1 Å². The molecule has 0 saturated carbocycles. The van der Waals surface area contributed by atoms with Gasteiger partial charge in [0.2, 0.25) is 5.69 Å². The molecule has 13 heavy (non-hydrogen) atoms. The molecular formula is C8H5F3NS+. The smallest absolute Gasteiger partial charge is 0.105 e. The highest BCUT2D eigenvalue weighted by molar-refractivity contribution is 7.78. The molecule has 0 unspecified atom stereocenters. The zero-order valence-corrected chi connectivity index (χ0v) is 7.19. The maximum atomic E-state index is 12.2. The Morgan fingerprint density at radius 2 is 1.69 bits per heavy atom. The number of hydrogen-bond donors (Lipinski definition) is 0. The van der Waals surface area contributed by atoms with Crippen LogP contribution in [0.3, 0.4) is 0 Å². The molecule has 0 amide bonds. The number of isothiocyanates is 1. The molecule has 0 bridgehead atoms. The van der Waals surface area contributed by atoms with Crippen molar-refractivity contribution in [3.05, 3.63) is 30.3 Å². The lowest BCUT2D eigenvalue weighted by atomic mass is 10.3. The molecule has 0 atom stereocenters. The van der Waals surface area contributed by atoms with Gasteiger partial charge in [-0.05, 0) is 4.58 Å². The summed E-state index contributed by atoms with van der Waals surface area (Å²) in [6.45, 7) is 0. The minimum Gasteiger partial charge on any atom is -0.105 e. The van der Waals surface area contributed by atoms with Crippen LogP contribution >= 0.6 is 12.2 Å². The van der Waals surface area contributed by atoms with Gasteiger partial charge in [0.05, 0.1) is 0 Å². The fraction of sp³-hybridized carbons (Fsp3) is 0.125. The Balaban J connectivity index is 3.15. The minimum absolute atomic E-state index is 0.0370. The van der Waals surface area contributed by atoms with E-state index in [1.807, 2.05) is 0 Å². The fourth-order valence-corrected chi connectivity index (χ4v) is 1.04. The number of hydrogen-bond acceptors (Lipinski definition) is 1. The summed E-state index contributed by atoms with van der Waals surface area (Å²) in [4.78, 5) is 0. The van der Waals surface area contributed by atoms with Crippen molar-refractivity contribution < 1.29 is 17.7 Å². The van der Waals surface area contributed by atoms with Gasteiger partial charge in [-0.3, -0.25) is 0 Å². The van der Waals surface area contributed by atoms with Gasteiger partial charge in [0, 0.05) is 24.4 Å². The van der Waals surface area contributed by atoms with Gasteiger partial charge in [-0.2, -0.15) is 0 Å². The number of benzene rings is 1. The molecule has 0 N–H and O–H groups in total. The molecule has 68 valence electrons.